The zero-order chi connectivity index (χ0) is 22.1. The number of hydrogen-bond donors (Lipinski definition) is 1. The van der Waals surface area contributed by atoms with Crippen molar-refractivity contribution in [2.24, 2.45) is 0 Å². The molecule has 1 aliphatic rings. The minimum Gasteiger partial charge on any atom is -0.507 e. The molecule has 3 aromatic rings. The van der Waals surface area contributed by atoms with Crippen LogP contribution in [-0.4, -0.2) is 23.9 Å². The summed E-state index contributed by atoms with van der Waals surface area (Å²) in [5.41, 5.74) is 2.30. The first kappa shape index (κ1) is 20.7. The Morgan fingerprint density at radius 1 is 1.00 bits per heavy atom. The maximum atomic E-state index is 13.2. The summed E-state index contributed by atoms with van der Waals surface area (Å²) in [5, 5.41) is 11.6. The predicted molar refractivity (Wildman–Crippen MR) is 120 cm³/mol. The number of carbonyl (C=O) groups is 2. The number of aliphatic hydroxyl groups excluding tert-OH is 1. The van der Waals surface area contributed by atoms with Crippen molar-refractivity contribution < 1.29 is 19.4 Å². The molecular weight excluding hydrogens is 414 g/mol. The van der Waals surface area contributed by atoms with Crippen LogP contribution in [0.4, 0.5) is 5.69 Å². The van der Waals surface area contributed by atoms with E-state index in [0.717, 1.165) is 0 Å². The fraction of sp³-hybridized carbons (Fsp3) is 0.120. The lowest BCUT2D eigenvalue weighted by Crippen LogP contribution is -2.30. The van der Waals surface area contributed by atoms with E-state index in [-0.39, 0.29) is 11.3 Å². The van der Waals surface area contributed by atoms with Gasteiger partial charge in [0.2, 0.25) is 0 Å². The molecule has 0 bridgehead atoms. The molecule has 1 amide bonds. The van der Waals surface area contributed by atoms with Gasteiger partial charge >= 0.3 is 0 Å². The number of ketones is 1. The molecule has 156 valence electrons. The summed E-state index contributed by atoms with van der Waals surface area (Å²) in [6.45, 7) is 1.79. The Hall–Kier alpha value is -3.57. The number of Topliss-reactive ketones (excluding diaryl/α,β-unsaturated/α-hetero) is 1. The lowest BCUT2D eigenvalue weighted by Gasteiger charge is -2.27. The van der Waals surface area contributed by atoms with Crippen molar-refractivity contribution >= 4 is 34.7 Å². The number of halogens is 1. The summed E-state index contributed by atoms with van der Waals surface area (Å²) < 4.78 is 5.24. The summed E-state index contributed by atoms with van der Waals surface area (Å²) in [6, 6.07) is 20.3. The smallest absolute Gasteiger partial charge is 0.300 e. The molecule has 1 fully saturated rings. The molecule has 1 N–H and O–H groups in total. The Balaban J connectivity index is 1.97. The minimum atomic E-state index is -0.801. The van der Waals surface area contributed by atoms with Gasteiger partial charge in [-0.25, -0.2) is 0 Å². The highest BCUT2D eigenvalue weighted by atomic mass is 35.5. The second kappa shape index (κ2) is 8.28. The van der Waals surface area contributed by atoms with E-state index in [9.17, 15) is 14.7 Å². The normalized spacial score (nSPS) is 17.8. The van der Waals surface area contributed by atoms with Crippen LogP contribution in [0.3, 0.4) is 0 Å². The third-order valence-corrected chi connectivity index (χ3v) is 5.81. The fourth-order valence-electron chi connectivity index (χ4n) is 3.81. The zero-order valence-corrected chi connectivity index (χ0v) is 17.8. The van der Waals surface area contributed by atoms with E-state index < -0.39 is 17.7 Å². The Morgan fingerprint density at radius 2 is 1.71 bits per heavy atom. The summed E-state index contributed by atoms with van der Waals surface area (Å²) in [5.74, 6) is -1.20. The Kier molecular flexibility index (Phi) is 5.53. The van der Waals surface area contributed by atoms with Crippen molar-refractivity contribution in [3.8, 4) is 5.75 Å². The minimum absolute atomic E-state index is 0.0174. The maximum absolute atomic E-state index is 13.2. The molecule has 3 aromatic carbocycles. The van der Waals surface area contributed by atoms with Gasteiger partial charge in [0.15, 0.2) is 0 Å². The summed E-state index contributed by atoms with van der Waals surface area (Å²) >= 11 is 6.30. The molecule has 1 atom stereocenters. The lowest BCUT2D eigenvalue weighted by atomic mass is 9.95. The van der Waals surface area contributed by atoms with Gasteiger partial charge in [-0.2, -0.15) is 0 Å². The van der Waals surface area contributed by atoms with Gasteiger partial charge in [0.25, 0.3) is 11.7 Å². The second-order valence-corrected chi connectivity index (χ2v) is 7.60. The Morgan fingerprint density at radius 3 is 2.42 bits per heavy atom. The van der Waals surface area contributed by atoms with Gasteiger partial charge in [0, 0.05) is 16.3 Å². The van der Waals surface area contributed by atoms with Crippen molar-refractivity contribution in [2.45, 2.75) is 13.0 Å². The lowest BCUT2D eigenvalue weighted by molar-refractivity contribution is -0.132. The van der Waals surface area contributed by atoms with Crippen LogP contribution in [0.1, 0.15) is 22.7 Å². The second-order valence-electron chi connectivity index (χ2n) is 7.20. The monoisotopic (exact) mass is 433 g/mol. The highest BCUT2D eigenvalue weighted by molar-refractivity contribution is 6.52. The highest BCUT2D eigenvalue weighted by Gasteiger charge is 2.47. The molecule has 0 radical (unpaired) electrons. The molecule has 0 spiro atoms. The van der Waals surface area contributed by atoms with Crippen molar-refractivity contribution in [3.05, 3.63) is 100 Å². The predicted octanol–water partition coefficient (Wildman–Crippen LogP) is 5.28. The maximum Gasteiger partial charge on any atom is 0.300 e. The average molecular weight is 434 g/mol. The molecule has 1 saturated heterocycles. The molecule has 31 heavy (non-hydrogen) atoms. The van der Waals surface area contributed by atoms with Crippen LogP contribution >= 0.6 is 11.6 Å². The summed E-state index contributed by atoms with van der Waals surface area (Å²) in [6.07, 6.45) is 0. The highest BCUT2D eigenvalue weighted by Crippen LogP contribution is 2.44. The number of amides is 1. The number of carbonyl (C=O) groups excluding carboxylic acids is 2. The average Bonchev–Trinajstić information content (AvgIpc) is 3.06. The van der Waals surface area contributed by atoms with Gasteiger partial charge in [-0.1, -0.05) is 60.1 Å². The molecule has 1 unspecified atom stereocenters. The molecule has 1 heterocycles. The van der Waals surface area contributed by atoms with E-state index in [0.29, 0.717) is 33.1 Å². The third kappa shape index (κ3) is 3.57. The van der Waals surface area contributed by atoms with Gasteiger partial charge in [-0.3, -0.25) is 14.5 Å². The molecule has 0 saturated carbocycles. The van der Waals surface area contributed by atoms with Crippen LogP contribution in [0.25, 0.3) is 5.76 Å². The molecule has 0 aliphatic carbocycles. The molecule has 4 rings (SSSR count). The quantitative estimate of drug-likeness (QED) is 0.345. The number of hydrogen-bond acceptors (Lipinski definition) is 4. The SMILES string of the molecule is COc1cccc(/C(O)=C2\C(=O)C(=O)N(c3cccc(Cl)c3C)C2c2ccccc2)c1. The molecule has 5 nitrogen and oxygen atoms in total. The van der Waals surface area contributed by atoms with E-state index in [1.807, 2.05) is 30.3 Å². The first-order chi connectivity index (χ1) is 14.9. The largest absolute Gasteiger partial charge is 0.507 e. The van der Waals surface area contributed by atoms with E-state index in [1.54, 1.807) is 49.4 Å². The van der Waals surface area contributed by atoms with E-state index in [2.05, 4.69) is 0 Å². The summed E-state index contributed by atoms with van der Waals surface area (Å²) in [4.78, 5) is 27.8. The third-order valence-electron chi connectivity index (χ3n) is 5.40. The van der Waals surface area contributed by atoms with E-state index in [1.165, 1.54) is 12.0 Å². The standard InChI is InChI=1S/C25H20ClNO4/c1-15-19(26)12-7-13-20(15)27-22(16-8-4-3-5-9-16)21(24(29)25(27)30)23(28)17-10-6-11-18(14-17)31-2/h3-14,22,28H,1-2H3/b23-21+. The Bertz CT molecular complexity index is 1200. The van der Waals surface area contributed by atoms with Gasteiger partial charge < -0.3 is 9.84 Å². The number of aliphatic hydroxyl groups is 1. The zero-order valence-electron chi connectivity index (χ0n) is 17.0. The number of methoxy groups -OCH3 is 1. The van der Waals surface area contributed by atoms with E-state index in [4.69, 9.17) is 16.3 Å². The van der Waals surface area contributed by atoms with Gasteiger partial charge in [0.05, 0.1) is 18.7 Å². The first-order valence-electron chi connectivity index (χ1n) is 9.69. The number of rotatable bonds is 4. The van der Waals surface area contributed by atoms with Crippen LogP contribution in [0, 0.1) is 6.92 Å². The van der Waals surface area contributed by atoms with Crippen molar-refractivity contribution in [2.75, 3.05) is 12.0 Å². The van der Waals surface area contributed by atoms with Crippen molar-refractivity contribution in [1.82, 2.24) is 0 Å². The molecule has 0 aromatic heterocycles. The van der Waals surface area contributed by atoms with Crippen LogP contribution < -0.4 is 9.64 Å². The number of anilines is 1. The first-order valence-corrected chi connectivity index (χ1v) is 10.1. The van der Waals surface area contributed by atoms with Crippen molar-refractivity contribution in [3.63, 3.8) is 0 Å². The fourth-order valence-corrected chi connectivity index (χ4v) is 3.98. The topological polar surface area (TPSA) is 66.8 Å². The molecule has 6 heteroatoms. The van der Waals surface area contributed by atoms with Crippen molar-refractivity contribution in [1.29, 1.82) is 0 Å². The molecular formula is C25H20ClNO4. The summed E-state index contributed by atoms with van der Waals surface area (Å²) in [7, 11) is 1.52. The number of benzene rings is 3. The van der Waals surface area contributed by atoms with Crippen LogP contribution in [0.15, 0.2) is 78.4 Å². The van der Waals surface area contributed by atoms with E-state index >= 15 is 0 Å². The van der Waals surface area contributed by atoms with Crippen LogP contribution in [-0.2, 0) is 9.59 Å². The van der Waals surface area contributed by atoms with Gasteiger partial charge in [-0.15, -0.1) is 0 Å². The Labute approximate surface area is 185 Å². The van der Waals surface area contributed by atoms with Crippen LogP contribution in [0.5, 0.6) is 5.75 Å². The number of nitrogens with zero attached hydrogens (tertiary/aromatic N) is 1. The van der Waals surface area contributed by atoms with Gasteiger partial charge in [-0.05, 0) is 42.3 Å². The molecule has 1 aliphatic heterocycles. The number of ether oxygens (including phenoxy) is 1. The van der Waals surface area contributed by atoms with Gasteiger partial charge in [0.1, 0.15) is 11.5 Å². The van der Waals surface area contributed by atoms with Crippen LogP contribution in [0.2, 0.25) is 5.02 Å².